The van der Waals surface area contributed by atoms with Gasteiger partial charge < -0.3 is 15.1 Å². The Morgan fingerprint density at radius 2 is 2.17 bits per heavy atom. The first-order valence-corrected chi connectivity index (χ1v) is 6.26. The Morgan fingerprint density at radius 3 is 2.72 bits per heavy atom. The van der Waals surface area contributed by atoms with Crippen LogP contribution >= 0.6 is 0 Å². The van der Waals surface area contributed by atoms with E-state index >= 15 is 0 Å². The maximum Gasteiger partial charge on any atom is 0.335 e. The van der Waals surface area contributed by atoms with E-state index in [0.29, 0.717) is 18.0 Å². The molecule has 0 aromatic heterocycles. The van der Waals surface area contributed by atoms with Gasteiger partial charge in [-0.15, -0.1) is 0 Å². The van der Waals surface area contributed by atoms with Crippen LogP contribution in [0.15, 0.2) is 18.2 Å². The highest BCUT2D eigenvalue weighted by atomic mass is 16.4. The number of carboxylic acid groups (broad SMARTS) is 1. The lowest BCUT2D eigenvalue weighted by Gasteiger charge is -2.36. The first kappa shape index (κ1) is 12.9. The molecular formula is C14H19NO3. The number of carboxylic acids is 1. The number of hydrogen-bond acceptors (Lipinski definition) is 3. The van der Waals surface area contributed by atoms with Crippen LogP contribution in [0.4, 0.5) is 5.69 Å². The van der Waals surface area contributed by atoms with Crippen LogP contribution in [0.2, 0.25) is 0 Å². The maximum absolute atomic E-state index is 10.9. The zero-order valence-corrected chi connectivity index (χ0v) is 10.8. The van der Waals surface area contributed by atoms with Crippen molar-refractivity contribution in [2.75, 3.05) is 18.0 Å². The number of aliphatic hydroxyl groups is 1. The lowest BCUT2D eigenvalue weighted by atomic mass is 9.95. The lowest BCUT2D eigenvalue weighted by Crippen LogP contribution is -2.43. The van der Waals surface area contributed by atoms with Gasteiger partial charge in [0.1, 0.15) is 0 Å². The largest absolute Gasteiger partial charge is 0.478 e. The van der Waals surface area contributed by atoms with Gasteiger partial charge in [0.15, 0.2) is 0 Å². The monoisotopic (exact) mass is 249 g/mol. The molecule has 2 N–H and O–H groups in total. The van der Waals surface area contributed by atoms with Crippen molar-refractivity contribution in [1.82, 2.24) is 0 Å². The molecule has 2 unspecified atom stereocenters. The van der Waals surface area contributed by atoms with Crippen LogP contribution in [-0.4, -0.2) is 35.4 Å². The Labute approximate surface area is 107 Å². The molecule has 0 bridgehead atoms. The van der Waals surface area contributed by atoms with E-state index in [2.05, 4.69) is 11.8 Å². The molecule has 0 aliphatic carbocycles. The molecule has 0 saturated carbocycles. The Bertz CT molecular complexity index is 458. The van der Waals surface area contributed by atoms with E-state index in [1.54, 1.807) is 12.1 Å². The summed E-state index contributed by atoms with van der Waals surface area (Å²) in [5, 5.41) is 18.8. The number of aliphatic hydroxyl groups excluding tert-OH is 1. The number of aryl methyl sites for hydroxylation is 1. The molecule has 2 rings (SSSR count). The molecule has 0 spiro atoms. The minimum Gasteiger partial charge on any atom is -0.478 e. The summed E-state index contributed by atoms with van der Waals surface area (Å²) < 4.78 is 0. The molecule has 1 aromatic rings. The highest BCUT2D eigenvalue weighted by Gasteiger charge is 2.25. The summed E-state index contributed by atoms with van der Waals surface area (Å²) in [5.74, 6) is -0.572. The second kappa shape index (κ2) is 4.98. The van der Waals surface area contributed by atoms with Crippen molar-refractivity contribution in [2.45, 2.75) is 26.4 Å². The van der Waals surface area contributed by atoms with E-state index in [1.807, 2.05) is 13.0 Å². The van der Waals surface area contributed by atoms with Gasteiger partial charge >= 0.3 is 5.97 Å². The SMILES string of the molecule is Cc1cc(C(=O)O)ccc1N1CCC(C)C(O)C1. The number of rotatable bonds is 2. The van der Waals surface area contributed by atoms with Crippen LogP contribution < -0.4 is 4.90 Å². The summed E-state index contributed by atoms with van der Waals surface area (Å²) in [5.41, 5.74) is 2.27. The van der Waals surface area contributed by atoms with Crippen molar-refractivity contribution in [3.8, 4) is 0 Å². The Hall–Kier alpha value is -1.55. The summed E-state index contributed by atoms with van der Waals surface area (Å²) in [6.45, 7) is 5.49. The van der Waals surface area contributed by atoms with E-state index in [0.717, 1.165) is 24.2 Å². The summed E-state index contributed by atoms with van der Waals surface area (Å²) in [6.07, 6.45) is 0.652. The first-order valence-electron chi connectivity index (χ1n) is 6.26. The third kappa shape index (κ3) is 2.48. The van der Waals surface area contributed by atoms with Crippen LogP contribution in [0, 0.1) is 12.8 Å². The van der Waals surface area contributed by atoms with Crippen LogP contribution in [0.3, 0.4) is 0 Å². The van der Waals surface area contributed by atoms with Gasteiger partial charge in [-0.2, -0.15) is 0 Å². The van der Waals surface area contributed by atoms with Gasteiger partial charge in [0.05, 0.1) is 11.7 Å². The van der Waals surface area contributed by atoms with E-state index in [-0.39, 0.29) is 6.10 Å². The van der Waals surface area contributed by atoms with Gasteiger partial charge in [-0.1, -0.05) is 6.92 Å². The normalized spacial score (nSPS) is 24.1. The fraction of sp³-hybridized carbons (Fsp3) is 0.500. The summed E-state index contributed by atoms with van der Waals surface area (Å²) >= 11 is 0. The van der Waals surface area contributed by atoms with Crippen LogP contribution in [-0.2, 0) is 0 Å². The number of aromatic carboxylic acids is 1. The number of piperidine rings is 1. The molecule has 18 heavy (non-hydrogen) atoms. The van der Waals surface area contributed by atoms with Gasteiger partial charge in [-0.3, -0.25) is 0 Å². The van der Waals surface area contributed by atoms with Crippen LogP contribution in [0.25, 0.3) is 0 Å². The highest BCUT2D eigenvalue weighted by Crippen LogP contribution is 2.26. The predicted octanol–water partition coefficient (Wildman–Crippen LogP) is 1.90. The van der Waals surface area contributed by atoms with Gasteiger partial charge in [-0.25, -0.2) is 4.79 Å². The molecule has 1 heterocycles. The minimum atomic E-state index is -0.906. The van der Waals surface area contributed by atoms with Gasteiger partial charge in [0.25, 0.3) is 0 Å². The fourth-order valence-corrected chi connectivity index (χ4v) is 2.41. The molecule has 1 fully saturated rings. The molecule has 2 atom stereocenters. The molecule has 4 heteroatoms. The predicted molar refractivity (Wildman–Crippen MR) is 70.1 cm³/mol. The zero-order valence-electron chi connectivity index (χ0n) is 10.8. The molecule has 98 valence electrons. The molecular weight excluding hydrogens is 230 g/mol. The first-order chi connectivity index (χ1) is 8.49. The second-order valence-corrected chi connectivity index (χ2v) is 5.09. The fourth-order valence-electron chi connectivity index (χ4n) is 2.41. The van der Waals surface area contributed by atoms with Crippen molar-refractivity contribution >= 4 is 11.7 Å². The van der Waals surface area contributed by atoms with Crippen molar-refractivity contribution in [3.63, 3.8) is 0 Å². The number of nitrogens with zero attached hydrogens (tertiary/aromatic N) is 1. The van der Waals surface area contributed by atoms with Crippen LogP contribution in [0.5, 0.6) is 0 Å². The van der Waals surface area contributed by atoms with E-state index in [1.165, 1.54) is 0 Å². The quantitative estimate of drug-likeness (QED) is 0.840. The van der Waals surface area contributed by atoms with Crippen LogP contribution in [0.1, 0.15) is 29.3 Å². The minimum absolute atomic E-state index is 0.308. The average Bonchev–Trinajstić information content (AvgIpc) is 2.32. The average molecular weight is 249 g/mol. The Morgan fingerprint density at radius 1 is 1.44 bits per heavy atom. The molecule has 0 amide bonds. The van der Waals surface area contributed by atoms with E-state index < -0.39 is 5.97 Å². The second-order valence-electron chi connectivity index (χ2n) is 5.09. The third-order valence-electron chi connectivity index (χ3n) is 3.70. The number of carbonyl (C=O) groups is 1. The molecule has 1 aromatic carbocycles. The molecule has 0 radical (unpaired) electrons. The van der Waals surface area contributed by atoms with E-state index in [9.17, 15) is 9.90 Å². The van der Waals surface area contributed by atoms with Crippen molar-refractivity contribution in [3.05, 3.63) is 29.3 Å². The Balaban J connectivity index is 2.21. The number of hydrogen-bond donors (Lipinski definition) is 2. The summed E-state index contributed by atoms with van der Waals surface area (Å²) in [6, 6.07) is 5.14. The molecule has 1 aliphatic heterocycles. The smallest absolute Gasteiger partial charge is 0.335 e. The number of benzene rings is 1. The third-order valence-corrected chi connectivity index (χ3v) is 3.70. The molecule has 1 aliphatic rings. The van der Waals surface area contributed by atoms with Crippen molar-refractivity contribution in [1.29, 1.82) is 0 Å². The molecule has 4 nitrogen and oxygen atoms in total. The van der Waals surface area contributed by atoms with Gasteiger partial charge in [0.2, 0.25) is 0 Å². The number of β-amino-alcohol motifs (C(OH)–C–C–N with tert-alkyl or cyclic N) is 1. The topological polar surface area (TPSA) is 60.8 Å². The summed E-state index contributed by atoms with van der Waals surface area (Å²) in [7, 11) is 0. The lowest BCUT2D eigenvalue weighted by molar-refractivity contribution is 0.0696. The Kier molecular flexibility index (Phi) is 3.57. The maximum atomic E-state index is 10.9. The zero-order chi connectivity index (χ0) is 13.3. The van der Waals surface area contributed by atoms with Crippen molar-refractivity contribution in [2.24, 2.45) is 5.92 Å². The van der Waals surface area contributed by atoms with Crippen molar-refractivity contribution < 1.29 is 15.0 Å². The van der Waals surface area contributed by atoms with Gasteiger partial charge in [0, 0.05) is 18.8 Å². The molecule has 1 saturated heterocycles. The summed E-state index contributed by atoms with van der Waals surface area (Å²) in [4.78, 5) is 13.0. The highest BCUT2D eigenvalue weighted by molar-refractivity contribution is 5.88. The van der Waals surface area contributed by atoms with E-state index in [4.69, 9.17) is 5.11 Å². The standard InChI is InChI=1S/C14H19NO3/c1-9-5-6-15(8-13(9)16)12-4-3-11(14(17)18)7-10(12)2/h3-4,7,9,13,16H,5-6,8H2,1-2H3,(H,17,18). The van der Waals surface area contributed by atoms with Gasteiger partial charge in [-0.05, 0) is 43.0 Å². The number of anilines is 1.